The summed E-state index contributed by atoms with van der Waals surface area (Å²) in [4.78, 5) is 52.7. The standard InChI is InChI=1S/C60H80O8/c1-17-49(61)33-65-53-37-21-39-27-46(58(8,9)10)29-41(54(39)66-34-50(62)18-2)23-43-31-48(60(14,15)16)32-44(56(43)68-36-52(64)20-4)24-42-30-47(59(11,12)13)28-40(55(42)67-35-51(63)19-3)22-38(53)26-45(25-37)57(5,6)7/h25-32H,17-24,33-36H2,1-16H3. The molecule has 0 fully saturated rings. The van der Waals surface area contributed by atoms with E-state index in [9.17, 15) is 19.2 Å². The molecular weight excluding hydrogens is 849 g/mol. The summed E-state index contributed by atoms with van der Waals surface area (Å²) in [5.74, 6) is 2.43. The van der Waals surface area contributed by atoms with Gasteiger partial charge in [-0.3, -0.25) is 19.2 Å². The van der Waals surface area contributed by atoms with Crippen LogP contribution < -0.4 is 18.9 Å². The Balaban J connectivity index is 2.05. The Bertz CT molecular complexity index is 2070. The van der Waals surface area contributed by atoms with Gasteiger partial charge in [0.05, 0.1) is 0 Å². The van der Waals surface area contributed by atoms with E-state index in [0.29, 0.717) is 74.4 Å². The van der Waals surface area contributed by atoms with Gasteiger partial charge in [-0.05, 0) is 88.4 Å². The monoisotopic (exact) mass is 929 g/mol. The van der Waals surface area contributed by atoms with Crippen molar-refractivity contribution in [3.63, 3.8) is 0 Å². The number of hydrogen-bond acceptors (Lipinski definition) is 8. The van der Waals surface area contributed by atoms with Crippen LogP contribution in [-0.4, -0.2) is 49.6 Å². The highest BCUT2D eigenvalue weighted by Crippen LogP contribution is 2.44. The van der Waals surface area contributed by atoms with E-state index in [2.05, 4.69) is 132 Å². The molecule has 0 atom stereocenters. The van der Waals surface area contributed by atoms with Crippen molar-refractivity contribution in [2.45, 2.75) is 184 Å². The van der Waals surface area contributed by atoms with Crippen molar-refractivity contribution < 1.29 is 38.1 Å². The number of ketones is 4. The fourth-order valence-electron chi connectivity index (χ4n) is 8.38. The van der Waals surface area contributed by atoms with Crippen LogP contribution in [0, 0.1) is 0 Å². The van der Waals surface area contributed by atoms with Crippen molar-refractivity contribution in [3.05, 3.63) is 115 Å². The minimum absolute atomic E-state index is 0.0170. The Morgan fingerprint density at radius 3 is 0.588 bits per heavy atom. The molecule has 0 amide bonds. The van der Waals surface area contributed by atoms with Gasteiger partial charge >= 0.3 is 0 Å². The van der Waals surface area contributed by atoms with Gasteiger partial charge in [0.15, 0.2) is 23.1 Å². The summed E-state index contributed by atoms with van der Waals surface area (Å²) in [6, 6.07) is 17.6. The Morgan fingerprint density at radius 1 is 0.324 bits per heavy atom. The molecule has 68 heavy (non-hydrogen) atoms. The smallest absolute Gasteiger partial charge is 0.169 e. The predicted octanol–water partition coefficient (Wildman–Crippen LogP) is 13.0. The average Bonchev–Trinajstić information content (AvgIpc) is 3.25. The van der Waals surface area contributed by atoms with E-state index >= 15 is 0 Å². The predicted molar refractivity (Wildman–Crippen MR) is 275 cm³/mol. The van der Waals surface area contributed by atoms with Crippen molar-refractivity contribution in [1.82, 2.24) is 0 Å². The molecule has 368 valence electrons. The minimum Gasteiger partial charge on any atom is -0.485 e. The molecular formula is C60H80O8. The first-order valence-electron chi connectivity index (χ1n) is 24.9. The molecule has 8 nitrogen and oxygen atoms in total. The van der Waals surface area contributed by atoms with Crippen molar-refractivity contribution in [3.8, 4) is 23.0 Å². The lowest BCUT2D eigenvalue weighted by molar-refractivity contribution is -0.121. The van der Waals surface area contributed by atoms with Crippen LogP contribution in [0.1, 0.15) is 203 Å². The Morgan fingerprint density at radius 2 is 0.471 bits per heavy atom. The van der Waals surface area contributed by atoms with Crippen LogP contribution in [-0.2, 0) is 66.5 Å². The van der Waals surface area contributed by atoms with Gasteiger partial charge < -0.3 is 18.9 Å². The number of Topliss-reactive ketones (excluding diaryl/α,β-unsaturated/α-hetero) is 4. The second-order valence-electron chi connectivity index (χ2n) is 22.9. The topological polar surface area (TPSA) is 105 Å². The summed E-state index contributed by atoms with van der Waals surface area (Å²) in [6.45, 7) is 33.4. The molecule has 4 aromatic carbocycles. The van der Waals surface area contributed by atoms with Crippen LogP contribution >= 0.6 is 0 Å². The third-order valence-corrected chi connectivity index (χ3v) is 13.0. The highest BCUT2D eigenvalue weighted by Gasteiger charge is 2.30. The number of rotatable bonds is 16. The van der Waals surface area contributed by atoms with Gasteiger partial charge in [-0.15, -0.1) is 0 Å². The average molecular weight is 929 g/mol. The van der Waals surface area contributed by atoms with Gasteiger partial charge in [-0.25, -0.2) is 0 Å². The minimum atomic E-state index is -0.276. The first-order chi connectivity index (χ1) is 31.7. The Hall–Kier alpha value is -5.24. The number of ether oxygens (including phenoxy) is 4. The van der Waals surface area contributed by atoms with Gasteiger partial charge in [-0.1, -0.05) is 159 Å². The Kier molecular flexibility index (Phi) is 17.1. The summed E-state index contributed by atoms with van der Waals surface area (Å²) < 4.78 is 27.0. The van der Waals surface area contributed by atoms with Crippen molar-refractivity contribution >= 4 is 23.1 Å². The number of carbonyl (C=O) groups is 4. The van der Waals surface area contributed by atoms with E-state index in [-0.39, 0.29) is 71.2 Å². The van der Waals surface area contributed by atoms with Gasteiger partial charge in [0, 0.05) is 51.4 Å². The molecule has 0 saturated carbocycles. The summed E-state index contributed by atoms with van der Waals surface area (Å²) >= 11 is 0. The molecule has 0 spiro atoms. The van der Waals surface area contributed by atoms with Gasteiger partial charge in [0.2, 0.25) is 0 Å². The van der Waals surface area contributed by atoms with Crippen molar-refractivity contribution in [1.29, 1.82) is 0 Å². The molecule has 5 rings (SSSR count). The van der Waals surface area contributed by atoms with Gasteiger partial charge in [0.1, 0.15) is 49.4 Å². The molecule has 4 aromatic rings. The third kappa shape index (κ3) is 13.5. The van der Waals surface area contributed by atoms with E-state index in [4.69, 9.17) is 18.9 Å². The van der Waals surface area contributed by atoms with Crippen molar-refractivity contribution in [2.24, 2.45) is 0 Å². The molecule has 0 aliphatic heterocycles. The molecule has 1 aliphatic carbocycles. The van der Waals surface area contributed by atoms with Crippen LogP contribution in [0.3, 0.4) is 0 Å². The highest BCUT2D eigenvalue weighted by atomic mass is 16.5. The molecule has 0 radical (unpaired) electrons. The van der Waals surface area contributed by atoms with Crippen LogP contribution in [0.25, 0.3) is 0 Å². The third-order valence-electron chi connectivity index (χ3n) is 13.0. The van der Waals surface area contributed by atoms with Gasteiger partial charge in [0.25, 0.3) is 0 Å². The molecule has 0 unspecified atom stereocenters. The molecule has 8 bridgehead atoms. The lowest BCUT2D eigenvalue weighted by atomic mass is 9.79. The number of carbonyl (C=O) groups excluding carboxylic acids is 4. The highest BCUT2D eigenvalue weighted by molar-refractivity contribution is 5.81. The lowest BCUT2D eigenvalue weighted by Gasteiger charge is -2.29. The van der Waals surface area contributed by atoms with E-state index in [1.807, 2.05) is 27.7 Å². The molecule has 0 N–H and O–H groups in total. The first kappa shape index (κ1) is 53.7. The first-order valence-corrected chi connectivity index (χ1v) is 24.9. The van der Waals surface area contributed by atoms with Crippen LogP contribution in [0.2, 0.25) is 0 Å². The summed E-state index contributed by atoms with van der Waals surface area (Å²) in [5.41, 5.74) is 10.4. The maximum Gasteiger partial charge on any atom is 0.169 e. The molecule has 0 saturated heterocycles. The Labute approximate surface area is 408 Å². The number of benzene rings is 4. The normalized spacial score (nSPS) is 13.2. The summed E-state index contributed by atoms with van der Waals surface area (Å²) in [7, 11) is 0. The number of fused-ring (bicyclic) bond motifs is 8. The van der Waals surface area contributed by atoms with Gasteiger partial charge in [-0.2, -0.15) is 0 Å². The SMILES string of the molecule is CCC(=O)COc1c2cc(C(C)(C)C)cc1Cc1cc(C(C)(C)C)cc(c1OCC(=O)CC)Cc1cc(C(C)(C)C)cc(c1OCC(=O)CC)Cc1cc(C(C)(C)C)cc(c1OCC(=O)CC)C2. The van der Waals surface area contributed by atoms with E-state index in [1.54, 1.807) is 0 Å². The zero-order chi connectivity index (χ0) is 50.5. The zero-order valence-electron chi connectivity index (χ0n) is 44.4. The molecule has 8 heteroatoms. The van der Waals surface area contributed by atoms with E-state index < -0.39 is 0 Å². The number of hydrogen-bond donors (Lipinski definition) is 0. The van der Waals surface area contributed by atoms with E-state index in [1.165, 1.54) is 0 Å². The van der Waals surface area contributed by atoms with Crippen molar-refractivity contribution in [2.75, 3.05) is 26.4 Å². The largest absolute Gasteiger partial charge is 0.485 e. The summed E-state index contributed by atoms with van der Waals surface area (Å²) in [5, 5.41) is 0. The fourth-order valence-corrected chi connectivity index (χ4v) is 8.38. The molecule has 1 aliphatic rings. The van der Waals surface area contributed by atoms with Crippen LogP contribution in [0.15, 0.2) is 48.5 Å². The van der Waals surface area contributed by atoms with Crippen LogP contribution in [0.4, 0.5) is 0 Å². The zero-order valence-corrected chi connectivity index (χ0v) is 44.4. The molecule has 0 heterocycles. The lowest BCUT2D eigenvalue weighted by Crippen LogP contribution is -2.20. The quantitative estimate of drug-likeness (QED) is 0.0963. The molecule has 0 aromatic heterocycles. The van der Waals surface area contributed by atoms with Crippen LogP contribution in [0.5, 0.6) is 23.0 Å². The van der Waals surface area contributed by atoms with E-state index in [0.717, 1.165) is 66.8 Å². The maximum absolute atomic E-state index is 13.2. The second kappa shape index (κ2) is 21.6. The maximum atomic E-state index is 13.2. The summed E-state index contributed by atoms with van der Waals surface area (Å²) in [6.07, 6.45) is 2.85. The second-order valence-corrected chi connectivity index (χ2v) is 22.9. The fraction of sp³-hybridized carbons (Fsp3) is 0.533.